The number of aliphatic hydroxyl groups is 1. The summed E-state index contributed by atoms with van der Waals surface area (Å²) < 4.78 is 2.88. The quantitative estimate of drug-likeness (QED) is 0.104. The number of aromatic nitrogens is 1. The molecule has 1 N–H and O–H groups in total. The van der Waals surface area contributed by atoms with Crippen LogP contribution < -0.4 is 10.4 Å². The van der Waals surface area contributed by atoms with E-state index in [-0.39, 0.29) is 65.0 Å². The van der Waals surface area contributed by atoms with Crippen LogP contribution in [0.4, 0.5) is 11.4 Å². The maximum absolute atomic E-state index is 11.7. The second kappa shape index (κ2) is 15.8. The third kappa shape index (κ3) is 8.26. The minimum absolute atomic E-state index is 0. The number of nitrogens with zero attached hydrogens (tertiary/aromatic N) is 3. The number of ketones is 1. The summed E-state index contributed by atoms with van der Waals surface area (Å²) in [6.45, 7) is 14.9. The molecule has 1 aliphatic heterocycles. The van der Waals surface area contributed by atoms with Gasteiger partial charge in [-0.15, -0.1) is 0 Å². The Hall–Kier alpha value is -2.37. The smallest absolute Gasteiger partial charge is 0 e. The van der Waals surface area contributed by atoms with Crippen molar-refractivity contribution in [2.75, 3.05) is 11.9 Å². The number of fused-ring (bicyclic) bond motifs is 4. The zero-order chi connectivity index (χ0) is 31.3. The minimum Gasteiger partial charge on any atom is 0 e. The van der Waals surface area contributed by atoms with Crippen molar-refractivity contribution in [2.24, 2.45) is 17.3 Å². The number of rotatable bonds is 9. The molecule has 2 aromatic heterocycles. The fourth-order valence-electron chi connectivity index (χ4n) is 5.92. The number of pyridine rings is 1. The molecule has 4 aromatic rings. The number of hydrogen-bond acceptors (Lipinski definition) is 4. The molecule has 0 amide bonds. The summed E-state index contributed by atoms with van der Waals surface area (Å²) in [5, 5.41) is 17.5. The topological polar surface area (TPSA) is 67.5 Å². The van der Waals surface area contributed by atoms with Crippen molar-refractivity contribution in [1.82, 2.24) is 4.98 Å². The van der Waals surface area contributed by atoms with Crippen LogP contribution in [0.15, 0.2) is 66.6 Å². The van der Waals surface area contributed by atoms with Crippen LogP contribution in [0.1, 0.15) is 79.7 Å². The van der Waals surface area contributed by atoms with E-state index in [4.69, 9.17) is 10.2 Å². The Kier molecular flexibility index (Phi) is 12.9. The SMILES string of the molecule is CCC(CC)C(=O)/C=C(\O)C(CC)CC.CN1B(c2nccc3c2[se]c2cc(CC(C)(C)C)ccc23)[N-]c2ccccc21.[Ir]. The zero-order valence-electron chi connectivity index (χ0n) is 27.5. The Bertz CT molecular complexity index is 1590. The Labute approximate surface area is 284 Å². The number of carbonyl (C=O) groups excluding carboxylic acids is 1. The molecule has 5 rings (SSSR count). The molecule has 44 heavy (non-hydrogen) atoms. The summed E-state index contributed by atoms with van der Waals surface area (Å²) in [5.41, 5.74) is 5.10. The Morgan fingerprint density at radius 3 is 2.27 bits per heavy atom. The molecule has 3 heterocycles. The van der Waals surface area contributed by atoms with Crippen LogP contribution in [0.25, 0.3) is 24.5 Å². The van der Waals surface area contributed by atoms with Crippen molar-refractivity contribution in [3.05, 3.63) is 77.4 Å². The second-order valence-corrected chi connectivity index (χ2v) is 15.1. The van der Waals surface area contributed by atoms with Gasteiger partial charge in [-0.3, -0.25) is 4.79 Å². The van der Waals surface area contributed by atoms with Gasteiger partial charge in [0.2, 0.25) is 0 Å². The van der Waals surface area contributed by atoms with E-state index in [2.05, 4.69) is 81.2 Å². The summed E-state index contributed by atoms with van der Waals surface area (Å²) in [6.07, 6.45) is 7.96. The average molecular weight is 836 g/mol. The van der Waals surface area contributed by atoms with Gasteiger partial charge >= 0.3 is 173 Å². The van der Waals surface area contributed by atoms with Crippen molar-refractivity contribution in [3.63, 3.8) is 0 Å². The maximum Gasteiger partial charge on any atom is 0 e. The first kappa shape index (κ1) is 36.1. The Balaban J connectivity index is 0.000000286. The van der Waals surface area contributed by atoms with Gasteiger partial charge in [0, 0.05) is 38.0 Å². The van der Waals surface area contributed by atoms with E-state index >= 15 is 0 Å². The molecule has 0 atom stereocenters. The van der Waals surface area contributed by atoms with E-state index in [1.54, 1.807) is 0 Å². The first-order chi connectivity index (χ1) is 20.5. The molecule has 5 nitrogen and oxygen atoms in total. The van der Waals surface area contributed by atoms with Crippen molar-refractivity contribution in [3.8, 4) is 0 Å². The fourth-order valence-corrected chi connectivity index (χ4v) is 8.58. The molecule has 0 saturated heterocycles. The molecule has 0 saturated carbocycles. The molecule has 0 unspecified atom stereocenters. The second-order valence-electron chi connectivity index (χ2n) is 12.8. The predicted molar refractivity (Wildman–Crippen MR) is 186 cm³/mol. The zero-order valence-corrected chi connectivity index (χ0v) is 31.6. The van der Waals surface area contributed by atoms with E-state index in [0.717, 1.165) is 43.4 Å². The standard InChI is InChI=1S/C23H23BN3Se.C13H24O2.Ir/c1-23(2,3)14-15-9-10-16-17-11-12-25-22(21(17)28-20(16)13-15)24-26-18-7-5-6-8-19(18)27(24)4;1-5-10(6-2)12(14)9-13(15)11(7-3)8-4;/h5-13H,14H2,1-4H3;9-11,14H,5-8H2,1-4H3;/q-1;;/b;12-9-;. The van der Waals surface area contributed by atoms with Gasteiger partial charge in [-0.2, -0.15) is 0 Å². The molecule has 0 aliphatic carbocycles. The predicted octanol–water partition coefficient (Wildman–Crippen LogP) is 8.75. The number of benzene rings is 2. The van der Waals surface area contributed by atoms with Gasteiger partial charge in [0.25, 0.3) is 0 Å². The number of para-hydroxylation sites is 1. The summed E-state index contributed by atoms with van der Waals surface area (Å²) in [6, 6.07) is 17.6. The van der Waals surface area contributed by atoms with Crippen LogP contribution in [0.2, 0.25) is 0 Å². The van der Waals surface area contributed by atoms with Crippen molar-refractivity contribution < 1.29 is 30.0 Å². The summed E-state index contributed by atoms with van der Waals surface area (Å²) >= 11 is 0.271. The minimum atomic E-state index is -0.0300. The van der Waals surface area contributed by atoms with Gasteiger partial charge in [-0.25, -0.2) is 0 Å². The van der Waals surface area contributed by atoms with E-state index in [9.17, 15) is 9.90 Å². The molecule has 2 aromatic carbocycles. The Morgan fingerprint density at radius 2 is 1.66 bits per heavy atom. The molecule has 0 fully saturated rings. The van der Waals surface area contributed by atoms with Gasteiger partial charge in [0.1, 0.15) is 0 Å². The first-order valence-electron chi connectivity index (χ1n) is 15.8. The molecule has 0 spiro atoms. The first-order valence-corrected chi connectivity index (χ1v) is 17.5. The van der Waals surface area contributed by atoms with E-state index < -0.39 is 0 Å². The fraction of sp³-hybridized carbons (Fsp3) is 0.444. The monoisotopic (exact) mass is 837 g/mol. The van der Waals surface area contributed by atoms with Gasteiger partial charge in [-0.05, 0) is 25.7 Å². The molecule has 0 bridgehead atoms. The third-order valence-electron chi connectivity index (χ3n) is 8.43. The number of hydrogen-bond donors (Lipinski definition) is 1. The van der Waals surface area contributed by atoms with Crippen molar-refractivity contribution >= 4 is 63.5 Å². The molecular weight excluding hydrogens is 788 g/mol. The normalized spacial score (nSPS) is 13.2. The molecule has 1 radical (unpaired) electrons. The largest absolute Gasteiger partial charge is 0 e. The van der Waals surface area contributed by atoms with Crippen molar-refractivity contribution in [2.45, 2.75) is 80.6 Å². The summed E-state index contributed by atoms with van der Waals surface area (Å²) in [4.78, 5) is 18.8. The van der Waals surface area contributed by atoms with E-state index in [0.29, 0.717) is 5.41 Å². The van der Waals surface area contributed by atoms with Crippen LogP contribution in [0, 0.1) is 17.3 Å². The Morgan fingerprint density at radius 1 is 1.00 bits per heavy atom. The van der Waals surface area contributed by atoms with Crippen LogP contribution in [-0.4, -0.2) is 44.4 Å². The third-order valence-corrected chi connectivity index (χ3v) is 10.9. The molecule has 237 valence electrons. The number of aliphatic hydroxyl groups excluding tert-OH is 1. The average Bonchev–Trinajstić information content (AvgIpc) is 3.51. The summed E-state index contributed by atoms with van der Waals surface area (Å²) in [5.74, 6) is 0.547. The maximum atomic E-state index is 11.7. The number of anilines is 1. The van der Waals surface area contributed by atoms with E-state index in [1.807, 2.05) is 33.9 Å². The van der Waals surface area contributed by atoms with Gasteiger partial charge in [-0.1, -0.05) is 27.7 Å². The number of allylic oxidation sites excluding steroid dienone is 2. The van der Waals surface area contributed by atoms with E-state index in [1.165, 1.54) is 36.6 Å². The van der Waals surface area contributed by atoms with Crippen LogP contribution in [0.3, 0.4) is 0 Å². The number of carbonyl (C=O) groups is 1. The summed E-state index contributed by atoms with van der Waals surface area (Å²) in [7, 11) is 2.12. The van der Waals surface area contributed by atoms with Crippen LogP contribution >= 0.6 is 0 Å². The van der Waals surface area contributed by atoms with Crippen LogP contribution in [0.5, 0.6) is 0 Å². The molecule has 8 heteroatoms. The molecular formula is C36H47BIrN3O2Se-. The van der Waals surface area contributed by atoms with Crippen molar-refractivity contribution in [1.29, 1.82) is 0 Å². The van der Waals surface area contributed by atoms with Crippen LogP contribution in [-0.2, 0) is 31.3 Å². The van der Waals surface area contributed by atoms with Gasteiger partial charge in [0.15, 0.2) is 5.78 Å². The van der Waals surface area contributed by atoms with Gasteiger partial charge < -0.3 is 5.11 Å². The van der Waals surface area contributed by atoms with Gasteiger partial charge in [0.05, 0.1) is 5.76 Å². The molecule has 1 aliphatic rings.